The number of carbonyl (C=O) groups is 1. The molecular formula is C14H18BrClN2O. The van der Waals surface area contributed by atoms with Crippen LogP contribution in [0.3, 0.4) is 0 Å². The van der Waals surface area contributed by atoms with Gasteiger partial charge in [-0.25, -0.2) is 0 Å². The largest absolute Gasteiger partial charge is 0.349 e. The molecule has 0 aromatic heterocycles. The van der Waals surface area contributed by atoms with Gasteiger partial charge in [-0.05, 0) is 72.9 Å². The van der Waals surface area contributed by atoms with E-state index in [1.807, 2.05) is 0 Å². The number of hydrogen-bond donors (Lipinski definition) is 2. The number of amides is 1. The topological polar surface area (TPSA) is 41.1 Å². The van der Waals surface area contributed by atoms with Gasteiger partial charge in [0.2, 0.25) is 0 Å². The van der Waals surface area contributed by atoms with Crippen LogP contribution in [-0.2, 0) is 0 Å². The van der Waals surface area contributed by atoms with Gasteiger partial charge < -0.3 is 10.6 Å². The number of hydrogen-bond acceptors (Lipinski definition) is 2. The van der Waals surface area contributed by atoms with Crippen molar-refractivity contribution in [2.75, 3.05) is 13.1 Å². The number of rotatable bonds is 3. The van der Waals surface area contributed by atoms with Crippen LogP contribution in [0.15, 0.2) is 22.7 Å². The van der Waals surface area contributed by atoms with Gasteiger partial charge >= 0.3 is 0 Å². The van der Waals surface area contributed by atoms with E-state index in [9.17, 15) is 4.79 Å². The number of nitrogens with one attached hydrogen (secondary N) is 2. The van der Waals surface area contributed by atoms with Crippen LogP contribution in [0.4, 0.5) is 0 Å². The zero-order valence-corrected chi connectivity index (χ0v) is 13.2. The molecule has 2 atom stereocenters. The molecule has 1 aromatic rings. The van der Waals surface area contributed by atoms with Gasteiger partial charge in [0.1, 0.15) is 0 Å². The molecular weight excluding hydrogens is 328 g/mol. The molecule has 0 radical (unpaired) electrons. The molecule has 1 aliphatic heterocycles. The van der Waals surface area contributed by atoms with Crippen molar-refractivity contribution in [3.8, 4) is 0 Å². The smallest absolute Gasteiger partial charge is 0.251 e. The van der Waals surface area contributed by atoms with E-state index in [-0.39, 0.29) is 11.9 Å². The van der Waals surface area contributed by atoms with Gasteiger partial charge in [0, 0.05) is 16.1 Å². The van der Waals surface area contributed by atoms with E-state index < -0.39 is 0 Å². The molecule has 2 N–H and O–H groups in total. The maximum absolute atomic E-state index is 12.2. The second-order valence-electron chi connectivity index (χ2n) is 5.00. The molecule has 0 spiro atoms. The summed E-state index contributed by atoms with van der Waals surface area (Å²) < 4.78 is 0.801. The number of halogens is 2. The summed E-state index contributed by atoms with van der Waals surface area (Å²) in [5, 5.41) is 6.98. The highest BCUT2D eigenvalue weighted by Crippen LogP contribution is 2.23. The first-order valence-corrected chi connectivity index (χ1v) is 7.71. The summed E-state index contributed by atoms with van der Waals surface area (Å²) >= 11 is 9.33. The van der Waals surface area contributed by atoms with Gasteiger partial charge in [0.15, 0.2) is 0 Å². The molecule has 1 amide bonds. The molecule has 1 fully saturated rings. The summed E-state index contributed by atoms with van der Waals surface area (Å²) in [5.74, 6) is 0.441. The normalized spacial score (nSPS) is 20.9. The lowest BCUT2D eigenvalue weighted by Gasteiger charge is -2.29. The molecule has 0 bridgehead atoms. The summed E-state index contributed by atoms with van der Waals surface area (Å²) in [6, 6.07) is 5.43. The minimum atomic E-state index is -0.0625. The highest BCUT2D eigenvalue weighted by atomic mass is 79.9. The third-order valence-electron chi connectivity index (χ3n) is 3.58. The van der Waals surface area contributed by atoms with Gasteiger partial charge in [-0.1, -0.05) is 11.6 Å². The van der Waals surface area contributed by atoms with Crippen molar-refractivity contribution >= 4 is 33.4 Å². The van der Waals surface area contributed by atoms with E-state index in [0.29, 0.717) is 16.5 Å². The highest BCUT2D eigenvalue weighted by molar-refractivity contribution is 9.10. The summed E-state index contributed by atoms with van der Waals surface area (Å²) in [6.45, 7) is 4.12. The minimum Gasteiger partial charge on any atom is -0.349 e. The molecule has 2 unspecified atom stereocenters. The average Bonchev–Trinajstić information content (AvgIpc) is 2.42. The molecule has 0 aliphatic carbocycles. The Morgan fingerprint density at radius 2 is 2.37 bits per heavy atom. The van der Waals surface area contributed by atoms with E-state index >= 15 is 0 Å². The van der Waals surface area contributed by atoms with Crippen LogP contribution >= 0.6 is 27.5 Å². The van der Waals surface area contributed by atoms with Gasteiger partial charge in [-0.15, -0.1) is 0 Å². The zero-order valence-electron chi connectivity index (χ0n) is 10.9. The van der Waals surface area contributed by atoms with E-state index in [0.717, 1.165) is 24.0 Å². The van der Waals surface area contributed by atoms with Crippen molar-refractivity contribution < 1.29 is 4.79 Å². The van der Waals surface area contributed by atoms with E-state index in [2.05, 4.69) is 33.5 Å². The minimum absolute atomic E-state index is 0.0625. The first-order valence-electron chi connectivity index (χ1n) is 6.54. The molecule has 5 heteroatoms. The molecule has 2 rings (SSSR count). The fourth-order valence-electron chi connectivity index (χ4n) is 2.35. The van der Waals surface area contributed by atoms with Crippen LogP contribution < -0.4 is 10.6 Å². The lowest BCUT2D eigenvalue weighted by atomic mass is 9.92. The molecule has 104 valence electrons. The average molecular weight is 346 g/mol. The lowest BCUT2D eigenvalue weighted by molar-refractivity contribution is 0.0922. The highest BCUT2D eigenvalue weighted by Gasteiger charge is 2.21. The second kappa shape index (κ2) is 6.73. The Balaban J connectivity index is 1.97. The summed E-state index contributed by atoms with van der Waals surface area (Å²) in [4.78, 5) is 12.2. The number of carbonyl (C=O) groups excluding carboxylic acids is 1. The fourth-order valence-corrected chi connectivity index (χ4v) is 2.78. The predicted octanol–water partition coefficient (Wildman–Crippen LogP) is 3.22. The first-order chi connectivity index (χ1) is 9.08. The van der Waals surface area contributed by atoms with E-state index in [1.54, 1.807) is 18.2 Å². The zero-order chi connectivity index (χ0) is 13.8. The third-order valence-corrected chi connectivity index (χ3v) is 4.82. The van der Waals surface area contributed by atoms with E-state index in [4.69, 9.17) is 11.6 Å². The van der Waals surface area contributed by atoms with Crippen LogP contribution in [0.2, 0.25) is 5.02 Å². The van der Waals surface area contributed by atoms with Crippen LogP contribution in [0.5, 0.6) is 0 Å². The Bertz CT molecular complexity index is 461. The Kier molecular flexibility index (Phi) is 5.25. The summed E-state index contributed by atoms with van der Waals surface area (Å²) in [5.41, 5.74) is 0.601. The van der Waals surface area contributed by atoms with Crippen molar-refractivity contribution in [1.82, 2.24) is 10.6 Å². The van der Waals surface area contributed by atoms with Crippen LogP contribution in [-0.4, -0.2) is 25.0 Å². The van der Waals surface area contributed by atoms with Gasteiger partial charge in [-0.3, -0.25) is 4.79 Å². The Morgan fingerprint density at radius 3 is 3.00 bits per heavy atom. The maximum Gasteiger partial charge on any atom is 0.251 e. The molecule has 1 heterocycles. The Hall–Kier alpha value is -0.580. The second-order valence-corrected chi connectivity index (χ2v) is 6.26. The van der Waals surface area contributed by atoms with Gasteiger partial charge in [-0.2, -0.15) is 0 Å². The van der Waals surface area contributed by atoms with E-state index in [1.165, 1.54) is 6.42 Å². The molecule has 1 aromatic carbocycles. The summed E-state index contributed by atoms with van der Waals surface area (Å²) in [6.07, 6.45) is 2.34. The van der Waals surface area contributed by atoms with Crippen LogP contribution in [0.25, 0.3) is 0 Å². The standard InChI is InChI=1S/C14H18BrClN2O/c1-9(11-3-2-6-17-8-11)18-14(19)10-4-5-12(15)13(16)7-10/h4-5,7,9,11,17H,2-3,6,8H2,1H3,(H,18,19). The Morgan fingerprint density at radius 1 is 1.58 bits per heavy atom. The lowest BCUT2D eigenvalue weighted by Crippen LogP contribution is -2.44. The molecule has 1 saturated heterocycles. The van der Waals surface area contributed by atoms with Crippen molar-refractivity contribution in [2.24, 2.45) is 5.92 Å². The van der Waals surface area contributed by atoms with Gasteiger partial charge in [0.25, 0.3) is 5.91 Å². The maximum atomic E-state index is 12.2. The molecule has 0 saturated carbocycles. The van der Waals surface area contributed by atoms with Gasteiger partial charge in [0.05, 0.1) is 5.02 Å². The summed E-state index contributed by atoms with van der Waals surface area (Å²) in [7, 11) is 0. The van der Waals surface area contributed by atoms with Crippen molar-refractivity contribution in [1.29, 1.82) is 0 Å². The molecule has 1 aliphatic rings. The van der Waals surface area contributed by atoms with Crippen molar-refractivity contribution in [3.05, 3.63) is 33.3 Å². The number of benzene rings is 1. The third kappa shape index (κ3) is 3.94. The quantitative estimate of drug-likeness (QED) is 0.883. The first kappa shape index (κ1) is 14.8. The number of piperidine rings is 1. The molecule has 3 nitrogen and oxygen atoms in total. The predicted molar refractivity (Wildman–Crippen MR) is 81.7 cm³/mol. The Labute approximate surface area is 127 Å². The monoisotopic (exact) mass is 344 g/mol. The van der Waals surface area contributed by atoms with Crippen LogP contribution in [0, 0.1) is 5.92 Å². The fraction of sp³-hybridized carbons (Fsp3) is 0.500. The molecule has 19 heavy (non-hydrogen) atoms. The van der Waals surface area contributed by atoms with Crippen LogP contribution in [0.1, 0.15) is 30.1 Å². The SMILES string of the molecule is CC(NC(=O)c1ccc(Br)c(Cl)c1)C1CCCNC1. The van der Waals surface area contributed by atoms with Crippen molar-refractivity contribution in [3.63, 3.8) is 0 Å². The van der Waals surface area contributed by atoms with Crippen molar-refractivity contribution in [2.45, 2.75) is 25.8 Å².